The van der Waals surface area contributed by atoms with Gasteiger partial charge in [0.1, 0.15) is 17.5 Å². The van der Waals surface area contributed by atoms with Crippen LogP contribution < -0.4 is 5.43 Å². The zero-order chi connectivity index (χ0) is 17.3. The molecule has 0 atom stereocenters. The van der Waals surface area contributed by atoms with E-state index in [1.165, 1.54) is 23.8 Å². The zero-order valence-electron chi connectivity index (χ0n) is 13.7. The summed E-state index contributed by atoms with van der Waals surface area (Å²) >= 11 is 0. The first-order valence-corrected chi connectivity index (χ1v) is 7.57. The Morgan fingerprint density at radius 2 is 1.71 bits per heavy atom. The van der Waals surface area contributed by atoms with Crippen molar-refractivity contribution >= 4 is 22.9 Å². The Morgan fingerprint density at radius 3 is 2.42 bits per heavy atom. The largest absolute Gasteiger partial charge is 0.261 e. The van der Waals surface area contributed by atoms with E-state index in [1.807, 2.05) is 26.8 Å². The summed E-state index contributed by atoms with van der Waals surface area (Å²) in [6, 6.07) is 9.71. The first-order chi connectivity index (χ1) is 11.5. The van der Waals surface area contributed by atoms with E-state index >= 15 is 0 Å². The van der Waals surface area contributed by atoms with Gasteiger partial charge in [0.05, 0.1) is 17.3 Å². The van der Waals surface area contributed by atoms with Crippen molar-refractivity contribution in [1.82, 2.24) is 4.98 Å². The molecule has 122 valence electrons. The minimum atomic E-state index is -0.658. The van der Waals surface area contributed by atoms with Crippen molar-refractivity contribution in [2.75, 3.05) is 5.43 Å². The maximum atomic E-state index is 13.6. The molecule has 0 bridgehead atoms. The molecule has 0 aliphatic carbocycles. The molecule has 5 heteroatoms. The van der Waals surface area contributed by atoms with E-state index in [9.17, 15) is 8.78 Å². The highest BCUT2D eigenvalue weighted by molar-refractivity contribution is 5.87. The first-order valence-electron chi connectivity index (χ1n) is 7.57. The molecule has 3 nitrogen and oxygen atoms in total. The van der Waals surface area contributed by atoms with Gasteiger partial charge in [-0.25, -0.2) is 13.8 Å². The van der Waals surface area contributed by atoms with Gasteiger partial charge < -0.3 is 0 Å². The van der Waals surface area contributed by atoms with Gasteiger partial charge in [0.15, 0.2) is 0 Å². The number of pyridine rings is 1. The third-order valence-corrected chi connectivity index (χ3v) is 3.83. The smallest absolute Gasteiger partial charge is 0.147 e. The summed E-state index contributed by atoms with van der Waals surface area (Å²) in [5, 5.41) is 5.00. The Hall–Kier alpha value is -2.82. The maximum Gasteiger partial charge on any atom is 0.147 e. The molecule has 0 radical (unpaired) electrons. The average molecular weight is 325 g/mol. The fourth-order valence-corrected chi connectivity index (χ4v) is 2.70. The van der Waals surface area contributed by atoms with Gasteiger partial charge >= 0.3 is 0 Å². The summed E-state index contributed by atoms with van der Waals surface area (Å²) in [7, 11) is 0. The molecule has 0 spiro atoms. The fraction of sp³-hybridized carbons (Fsp3) is 0.158. The van der Waals surface area contributed by atoms with E-state index < -0.39 is 11.6 Å². The second-order valence-corrected chi connectivity index (χ2v) is 5.81. The number of hydrogen-bond acceptors (Lipinski definition) is 3. The van der Waals surface area contributed by atoms with Crippen molar-refractivity contribution in [1.29, 1.82) is 0 Å². The van der Waals surface area contributed by atoms with Crippen molar-refractivity contribution in [3.8, 4) is 0 Å². The quantitative estimate of drug-likeness (QED) is 0.550. The van der Waals surface area contributed by atoms with Crippen LogP contribution in [-0.4, -0.2) is 11.2 Å². The second kappa shape index (κ2) is 6.35. The number of rotatable bonds is 3. The molecule has 3 rings (SSSR count). The van der Waals surface area contributed by atoms with Gasteiger partial charge in [0.25, 0.3) is 0 Å². The summed E-state index contributed by atoms with van der Waals surface area (Å²) in [4.78, 5) is 4.54. The molecular formula is C19H17F2N3. The minimum Gasteiger partial charge on any atom is -0.261 e. The van der Waals surface area contributed by atoms with Gasteiger partial charge in [0.2, 0.25) is 0 Å². The van der Waals surface area contributed by atoms with Gasteiger partial charge in [-0.15, -0.1) is 0 Å². The third-order valence-electron chi connectivity index (χ3n) is 3.83. The standard InChI is InChI=1S/C19H17F2N3/c1-11-7-13(3)19-14(8-11)12(2)9-18(23-19)24-22-10-15-16(20)5-4-6-17(15)21/h4-10H,1-3H3,(H,23,24). The molecule has 0 saturated heterocycles. The van der Waals surface area contributed by atoms with E-state index in [4.69, 9.17) is 0 Å². The Labute approximate surface area is 139 Å². The first kappa shape index (κ1) is 16.1. The highest BCUT2D eigenvalue weighted by Crippen LogP contribution is 2.24. The van der Waals surface area contributed by atoms with E-state index in [0.29, 0.717) is 5.82 Å². The topological polar surface area (TPSA) is 37.3 Å². The van der Waals surface area contributed by atoms with Crippen LogP contribution in [0.2, 0.25) is 0 Å². The molecule has 0 amide bonds. The van der Waals surface area contributed by atoms with Crippen LogP contribution in [0, 0.1) is 32.4 Å². The minimum absolute atomic E-state index is 0.186. The summed E-state index contributed by atoms with van der Waals surface area (Å²) in [5.41, 5.74) is 6.75. The van der Waals surface area contributed by atoms with Crippen LogP contribution in [0.15, 0.2) is 41.5 Å². The van der Waals surface area contributed by atoms with Crippen LogP contribution in [0.3, 0.4) is 0 Å². The maximum absolute atomic E-state index is 13.6. The molecule has 1 N–H and O–H groups in total. The lowest BCUT2D eigenvalue weighted by Gasteiger charge is -2.09. The molecule has 0 aliphatic heterocycles. The van der Waals surface area contributed by atoms with E-state index in [1.54, 1.807) is 0 Å². The van der Waals surface area contributed by atoms with Crippen molar-refractivity contribution < 1.29 is 8.78 Å². The number of aryl methyl sites for hydroxylation is 3. The van der Waals surface area contributed by atoms with Gasteiger partial charge in [-0.2, -0.15) is 5.10 Å². The van der Waals surface area contributed by atoms with E-state index in [-0.39, 0.29) is 5.56 Å². The number of benzene rings is 2. The number of nitrogens with one attached hydrogen (secondary N) is 1. The predicted molar refractivity (Wildman–Crippen MR) is 93.5 cm³/mol. The Kier molecular flexibility index (Phi) is 4.25. The molecule has 24 heavy (non-hydrogen) atoms. The van der Waals surface area contributed by atoms with Crippen LogP contribution in [0.4, 0.5) is 14.6 Å². The lowest BCUT2D eigenvalue weighted by atomic mass is 10.0. The molecule has 0 saturated carbocycles. The number of halogens is 2. The van der Waals surface area contributed by atoms with Gasteiger partial charge in [0, 0.05) is 5.39 Å². The SMILES string of the molecule is Cc1cc(C)c2nc(NN=Cc3c(F)cccc3F)cc(C)c2c1. The predicted octanol–water partition coefficient (Wildman–Crippen LogP) is 4.88. The van der Waals surface area contributed by atoms with Gasteiger partial charge in [-0.3, -0.25) is 5.43 Å². The molecule has 0 unspecified atom stereocenters. The van der Waals surface area contributed by atoms with Crippen LogP contribution >= 0.6 is 0 Å². The summed E-state index contributed by atoms with van der Waals surface area (Å²) in [5.74, 6) is -0.788. The number of anilines is 1. The van der Waals surface area contributed by atoms with E-state index in [0.717, 1.165) is 28.2 Å². The second-order valence-electron chi connectivity index (χ2n) is 5.81. The van der Waals surface area contributed by atoms with Crippen LogP contribution in [0.1, 0.15) is 22.3 Å². The van der Waals surface area contributed by atoms with Gasteiger partial charge in [-0.1, -0.05) is 17.7 Å². The Morgan fingerprint density at radius 1 is 1.00 bits per heavy atom. The summed E-state index contributed by atoms with van der Waals surface area (Å²) in [6.07, 6.45) is 1.12. The molecule has 0 fully saturated rings. The summed E-state index contributed by atoms with van der Waals surface area (Å²) in [6.45, 7) is 6.04. The number of hydrogen-bond donors (Lipinski definition) is 1. The zero-order valence-corrected chi connectivity index (χ0v) is 13.7. The van der Waals surface area contributed by atoms with Crippen molar-refractivity contribution in [3.63, 3.8) is 0 Å². The van der Waals surface area contributed by atoms with Crippen molar-refractivity contribution in [2.24, 2.45) is 5.10 Å². The van der Waals surface area contributed by atoms with E-state index in [2.05, 4.69) is 27.6 Å². The van der Waals surface area contributed by atoms with Crippen molar-refractivity contribution in [3.05, 3.63) is 70.3 Å². The van der Waals surface area contributed by atoms with Gasteiger partial charge in [-0.05, 0) is 56.2 Å². The number of fused-ring (bicyclic) bond motifs is 1. The molecule has 3 aromatic rings. The van der Waals surface area contributed by atoms with Crippen LogP contribution in [0.5, 0.6) is 0 Å². The number of hydrazone groups is 1. The fourth-order valence-electron chi connectivity index (χ4n) is 2.70. The molecule has 2 aromatic carbocycles. The van der Waals surface area contributed by atoms with Crippen LogP contribution in [0.25, 0.3) is 10.9 Å². The lowest BCUT2D eigenvalue weighted by molar-refractivity contribution is 0.580. The Balaban J connectivity index is 1.92. The van der Waals surface area contributed by atoms with Crippen molar-refractivity contribution in [2.45, 2.75) is 20.8 Å². The number of nitrogens with zero attached hydrogens (tertiary/aromatic N) is 2. The monoisotopic (exact) mass is 325 g/mol. The molecule has 1 aromatic heterocycles. The summed E-state index contributed by atoms with van der Waals surface area (Å²) < 4.78 is 27.1. The highest BCUT2D eigenvalue weighted by atomic mass is 19.1. The molecule has 0 aliphatic rings. The molecular weight excluding hydrogens is 308 g/mol. The highest BCUT2D eigenvalue weighted by Gasteiger charge is 2.07. The lowest BCUT2D eigenvalue weighted by Crippen LogP contribution is -1.99. The normalized spacial score (nSPS) is 11.4. The number of aromatic nitrogens is 1. The third kappa shape index (κ3) is 3.11. The Bertz CT molecular complexity index is 929. The average Bonchev–Trinajstić information content (AvgIpc) is 2.51. The molecule has 1 heterocycles. The van der Waals surface area contributed by atoms with Crippen LogP contribution in [-0.2, 0) is 0 Å².